The predicted octanol–water partition coefficient (Wildman–Crippen LogP) is 1.22. The summed E-state index contributed by atoms with van der Waals surface area (Å²) >= 11 is 0. The van der Waals surface area contributed by atoms with Crippen molar-refractivity contribution >= 4 is 0 Å². The van der Waals surface area contributed by atoms with Gasteiger partial charge in [-0.2, -0.15) is 5.26 Å². The third-order valence-corrected chi connectivity index (χ3v) is 2.35. The second kappa shape index (κ2) is 5.95. The van der Waals surface area contributed by atoms with E-state index in [2.05, 4.69) is 30.3 Å². The summed E-state index contributed by atoms with van der Waals surface area (Å²) in [6, 6.07) is 2.32. The number of hydrogen-bond donors (Lipinski definition) is 1. The van der Waals surface area contributed by atoms with Crippen molar-refractivity contribution in [3.05, 3.63) is 0 Å². The fourth-order valence-corrected chi connectivity index (χ4v) is 1.15. The van der Waals surface area contributed by atoms with Crippen molar-refractivity contribution in [2.24, 2.45) is 0 Å². The zero-order chi connectivity index (χ0) is 10.3. The molecule has 0 radical (unpaired) electrons. The lowest BCUT2D eigenvalue weighted by Crippen LogP contribution is -2.43. The minimum atomic E-state index is -0.363. The van der Waals surface area contributed by atoms with Gasteiger partial charge in [0.25, 0.3) is 0 Å². The van der Waals surface area contributed by atoms with Gasteiger partial charge in [-0.05, 0) is 33.5 Å². The van der Waals surface area contributed by atoms with Crippen LogP contribution in [0.4, 0.5) is 0 Å². The molecule has 1 atom stereocenters. The van der Waals surface area contributed by atoms with Crippen LogP contribution in [0.2, 0.25) is 0 Å². The molecule has 1 unspecified atom stereocenters. The van der Waals surface area contributed by atoms with Crippen molar-refractivity contribution < 1.29 is 0 Å². The molecule has 3 nitrogen and oxygen atoms in total. The van der Waals surface area contributed by atoms with Crippen LogP contribution >= 0.6 is 0 Å². The van der Waals surface area contributed by atoms with Gasteiger partial charge in [-0.15, -0.1) is 0 Å². The normalized spacial score (nSPS) is 15.4. The third-order valence-electron chi connectivity index (χ3n) is 2.35. The van der Waals surface area contributed by atoms with E-state index >= 15 is 0 Å². The van der Waals surface area contributed by atoms with Gasteiger partial charge in [-0.1, -0.05) is 13.8 Å². The monoisotopic (exact) mass is 183 g/mol. The molecule has 0 spiro atoms. The first kappa shape index (κ1) is 12.4. The fraction of sp³-hybridized carbons (Fsp3) is 0.900. The van der Waals surface area contributed by atoms with Crippen LogP contribution in [0.3, 0.4) is 0 Å². The summed E-state index contributed by atoms with van der Waals surface area (Å²) in [5.41, 5.74) is -0.363. The van der Waals surface area contributed by atoms with Crippen molar-refractivity contribution in [1.29, 1.82) is 5.26 Å². The molecular weight excluding hydrogens is 162 g/mol. The Balaban J connectivity index is 3.92. The molecule has 3 heteroatoms. The molecule has 76 valence electrons. The fourth-order valence-electron chi connectivity index (χ4n) is 1.15. The van der Waals surface area contributed by atoms with Gasteiger partial charge in [0.05, 0.1) is 6.07 Å². The van der Waals surface area contributed by atoms with E-state index < -0.39 is 0 Å². The molecule has 0 saturated heterocycles. The van der Waals surface area contributed by atoms with Crippen molar-refractivity contribution in [3.63, 3.8) is 0 Å². The minimum Gasteiger partial charge on any atom is -0.307 e. The average molecular weight is 183 g/mol. The zero-order valence-electron chi connectivity index (χ0n) is 9.22. The lowest BCUT2D eigenvalue weighted by atomic mass is 10.00. The van der Waals surface area contributed by atoms with Crippen molar-refractivity contribution in [2.75, 3.05) is 26.7 Å². The van der Waals surface area contributed by atoms with Crippen LogP contribution in [-0.4, -0.2) is 37.1 Å². The van der Waals surface area contributed by atoms with Crippen molar-refractivity contribution in [2.45, 2.75) is 32.7 Å². The Morgan fingerprint density at radius 2 is 2.08 bits per heavy atom. The lowest BCUT2D eigenvalue weighted by molar-refractivity contribution is 0.301. The second-order valence-electron chi connectivity index (χ2n) is 3.62. The highest BCUT2D eigenvalue weighted by atomic mass is 15.1. The molecule has 0 fully saturated rings. The van der Waals surface area contributed by atoms with E-state index in [1.165, 1.54) is 0 Å². The molecule has 0 rings (SSSR count). The Bertz CT molecular complexity index is 173. The number of nitriles is 1. The van der Waals surface area contributed by atoms with Crippen LogP contribution < -0.4 is 5.32 Å². The molecule has 0 aliphatic heterocycles. The maximum absolute atomic E-state index is 8.97. The Kier molecular flexibility index (Phi) is 5.68. The largest absolute Gasteiger partial charge is 0.307 e. The highest BCUT2D eigenvalue weighted by Crippen LogP contribution is 2.08. The molecule has 0 aromatic heterocycles. The predicted molar refractivity (Wildman–Crippen MR) is 55.5 cm³/mol. The Morgan fingerprint density at radius 1 is 1.46 bits per heavy atom. The van der Waals surface area contributed by atoms with Gasteiger partial charge in [0.15, 0.2) is 0 Å². The van der Waals surface area contributed by atoms with Gasteiger partial charge < -0.3 is 4.90 Å². The molecule has 13 heavy (non-hydrogen) atoms. The smallest absolute Gasteiger partial charge is 0.105 e. The summed E-state index contributed by atoms with van der Waals surface area (Å²) < 4.78 is 0. The second-order valence-corrected chi connectivity index (χ2v) is 3.62. The summed E-state index contributed by atoms with van der Waals surface area (Å²) in [7, 11) is 2.07. The summed E-state index contributed by atoms with van der Waals surface area (Å²) in [4.78, 5) is 2.22. The molecule has 0 amide bonds. The molecule has 0 bridgehead atoms. The molecule has 0 aliphatic carbocycles. The summed E-state index contributed by atoms with van der Waals surface area (Å²) in [6.45, 7) is 8.96. The maximum Gasteiger partial charge on any atom is 0.105 e. The summed E-state index contributed by atoms with van der Waals surface area (Å²) in [5, 5.41) is 12.2. The lowest BCUT2D eigenvalue weighted by Gasteiger charge is -2.25. The summed E-state index contributed by atoms with van der Waals surface area (Å²) in [6.07, 6.45) is 0.877. The van der Waals surface area contributed by atoms with E-state index in [-0.39, 0.29) is 5.54 Å². The quantitative estimate of drug-likeness (QED) is 0.673. The topological polar surface area (TPSA) is 39.1 Å². The molecule has 0 saturated carbocycles. The Hall–Kier alpha value is -0.590. The standard InChI is InChI=1S/C10H21N3/c1-5-12-10(3,9-11)7-8-13(4)6-2/h12H,5-8H2,1-4H3. The number of rotatable bonds is 6. The Morgan fingerprint density at radius 3 is 2.46 bits per heavy atom. The molecule has 0 aromatic rings. The van der Waals surface area contributed by atoms with E-state index in [4.69, 9.17) is 5.26 Å². The Labute approximate surface area is 81.7 Å². The van der Waals surface area contributed by atoms with Crippen LogP contribution in [-0.2, 0) is 0 Å². The van der Waals surface area contributed by atoms with E-state index in [1.54, 1.807) is 0 Å². The van der Waals surface area contributed by atoms with E-state index in [0.29, 0.717) is 0 Å². The number of hydrogen-bond acceptors (Lipinski definition) is 3. The van der Waals surface area contributed by atoms with Gasteiger partial charge in [0.2, 0.25) is 0 Å². The maximum atomic E-state index is 8.97. The molecule has 0 heterocycles. The number of nitrogens with one attached hydrogen (secondary N) is 1. The molecular formula is C10H21N3. The van der Waals surface area contributed by atoms with E-state index in [9.17, 15) is 0 Å². The first-order valence-corrected chi connectivity index (χ1v) is 4.92. The van der Waals surface area contributed by atoms with Crippen LogP contribution in [0, 0.1) is 11.3 Å². The molecule has 0 aromatic carbocycles. The number of nitrogens with zero attached hydrogens (tertiary/aromatic N) is 2. The highest BCUT2D eigenvalue weighted by molar-refractivity contribution is 5.03. The van der Waals surface area contributed by atoms with Crippen molar-refractivity contribution in [3.8, 4) is 6.07 Å². The van der Waals surface area contributed by atoms with Crippen LogP contribution in [0.25, 0.3) is 0 Å². The minimum absolute atomic E-state index is 0.363. The average Bonchev–Trinajstić information content (AvgIpc) is 2.15. The van der Waals surface area contributed by atoms with Crippen LogP contribution in [0.1, 0.15) is 27.2 Å². The van der Waals surface area contributed by atoms with E-state index in [0.717, 1.165) is 26.1 Å². The van der Waals surface area contributed by atoms with Gasteiger partial charge in [0.1, 0.15) is 5.54 Å². The summed E-state index contributed by atoms with van der Waals surface area (Å²) in [5.74, 6) is 0. The molecule has 0 aliphatic rings. The van der Waals surface area contributed by atoms with Gasteiger partial charge in [0, 0.05) is 6.54 Å². The molecule has 1 N–H and O–H groups in total. The highest BCUT2D eigenvalue weighted by Gasteiger charge is 2.21. The third kappa shape index (κ3) is 4.87. The van der Waals surface area contributed by atoms with E-state index in [1.807, 2.05) is 13.8 Å². The van der Waals surface area contributed by atoms with Gasteiger partial charge in [-0.25, -0.2) is 0 Å². The van der Waals surface area contributed by atoms with Crippen LogP contribution in [0.15, 0.2) is 0 Å². The van der Waals surface area contributed by atoms with Crippen molar-refractivity contribution in [1.82, 2.24) is 10.2 Å². The van der Waals surface area contributed by atoms with Gasteiger partial charge in [-0.3, -0.25) is 5.32 Å². The first-order valence-electron chi connectivity index (χ1n) is 4.92. The zero-order valence-corrected chi connectivity index (χ0v) is 9.22. The van der Waals surface area contributed by atoms with Gasteiger partial charge >= 0.3 is 0 Å². The first-order chi connectivity index (χ1) is 6.08. The van der Waals surface area contributed by atoms with Crippen LogP contribution in [0.5, 0.6) is 0 Å². The SMILES string of the molecule is CCNC(C)(C#N)CCN(C)CC.